The van der Waals surface area contributed by atoms with Crippen LogP contribution in [0.1, 0.15) is 64.1 Å². The molecule has 1 aliphatic heterocycles. The molecule has 1 saturated heterocycles. The number of carbonyl (C=O) groups is 1. The number of aromatic nitrogens is 1. The maximum Gasteiger partial charge on any atom is 0.259 e. The first-order chi connectivity index (χ1) is 15.3. The van der Waals surface area contributed by atoms with Crippen molar-refractivity contribution in [2.24, 2.45) is 11.8 Å². The predicted octanol–water partition coefficient (Wildman–Crippen LogP) is 4.11. The standard InChI is InChI=1S/C25H40N2O5/c1-17(2)11-23-25(31-16-30-6,24(28)27(23)15-29-5)13-20-12-22(19(4)14-26-20)32-21-9-7-18(3)8-10-21/h12,14,17-18,21,23H,7-11,13,15-16H2,1-6H3/t18?,21?,23-,25+/m0/s1. The molecule has 0 unspecified atom stereocenters. The van der Waals surface area contributed by atoms with E-state index in [1.807, 2.05) is 19.2 Å². The third kappa shape index (κ3) is 5.43. The van der Waals surface area contributed by atoms with E-state index in [2.05, 4.69) is 25.8 Å². The molecule has 1 aromatic rings. The van der Waals surface area contributed by atoms with E-state index < -0.39 is 5.60 Å². The van der Waals surface area contributed by atoms with E-state index in [-0.39, 0.29) is 31.6 Å². The highest BCUT2D eigenvalue weighted by Gasteiger charge is 2.62. The van der Waals surface area contributed by atoms with Gasteiger partial charge in [0, 0.05) is 44.2 Å². The normalized spacial score (nSPS) is 28.2. The van der Waals surface area contributed by atoms with Crippen molar-refractivity contribution >= 4 is 5.91 Å². The summed E-state index contributed by atoms with van der Waals surface area (Å²) >= 11 is 0. The molecule has 2 aliphatic rings. The fourth-order valence-electron chi connectivity index (χ4n) is 4.90. The van der Waals surface area contributed by atoms with Gasteiger partial charge in [-0.1, -0.05) is 20.8 Å². The predicted molar refractivity (Wildman–Crippen MR) is 122 cm³/mol. The zero-order valence-electron chi connectivity index (χ0n) is 20.6. The third-order valence-electron chi connectivity index (χ3n) is 6.75. The molecule has 3 rings (SSSR count). The second-order valence-electron chi connectivity index (χ2n) is 9.90. The van der Waals surface area contributed by atoms with Crippen LogP contribution < -0.4 is 4.74 Å². The molecular formula is C25H40N2O5. The van der Waals surface area contributed by atoms with E-state index in [0.717, 1.165) is 42.2 Å². The van der Waals surface area contributed by atoms with Crippen LogP contribution in [0.3, 0.4) is 0 Å². The van der Waals surface area contributed by atoms with Gasteiger partial charge in [-0.3, -0.25) is 9.78 Å². The van der Waals surface area contributed by atoms with Crippen molar-refractivity contribution in [3.8, 4) is 5.75 Å². The van der Waals surface area contributed by atoms with Crippen molar-refractivity contribution in [2.45, 2.75) is 84.0 Å². The average molecular weight is 449 g/mol. The zero-order valence-corrected chi connectivity index (χ0v) is 20.6. The van der Waals surface area contributed by atoms with Crippen molar-refractivity contribution in [3.63, 3.8) is 0 Å². The highest BCUT2D eigenvalue weighted by atomic mass is 16.7. The van der Waals surface area contributed by atoms with Gasteiger partial charge >= 0.3 is 0 Å². The Morgan fingerprint density at radius 1 is 1.19 bits per heavy atom. The van der Waals surface area contributed by atoms with Gasteiger partial charge in [-0.25, -0.2) is 0 Å². The molecule has 1 aliphatic carbocycles. The monoisotopic (exact) mass is 448 g/mol. The Morgan fingerprint density at radius 3 is 2.53 bits per heavy atom. The summed E-state index contributed by atoms with van der Waals surface area (Å²) in [4.78, 5) is 19.7. The van der Waals surface area contributed by atoms with Crippen molar-refractivity contribution in [3.05, 3.63) is 23.5 Å². The molecule has 0 N–H and O–H groups in total. The van der Waals surface area contributed by atoms with Crippen LogP contribution in [-0.4, -0.2) is 61.3 Å². The number of aryl methyl sites for hydroxylation is 1. The molecule has 7 nitrogen and oxygen atoms in total. The van der Waals surface area contributed by atoms with Crippen LogP contribution in [0.15, 0.2) is 12.3 Å². The number of β-lactam (4-membered cyclic amide) rings is 1. The Balaban J connectivity index is 1.82. The van der Waals surface area contributed by atoms with Crippen LogP contribution in [0, 0.1) is 18.8 Å². The van der Waals surface area contributed by atoms with E-state index in [0.29, 0.717) is 12.3 Å². The van der Waals surface area contributed by atoms with Gasteiger partial charge in [0.1, 0.15) is 19.3 Å². The number of rotatable bonds is 11. The maximum absolute atomic E-state index is 13.3. The van der Waals surface area contributed by atoms with Crippen molar-refractivity contribution in [1.82, 2.24) is 9.88 Å². The lowest BCUT2D eigenvalue weighted by molar-refractivity contribution is -0.235. The topological polar surface area (TPSA) is 70.1 Å². The van der Waals surface area contributed by atoms with E-state index in [9.17, 15) is 4.79 Å². The molecule has 1 saturated carbocycles. The first-order valence-electron chi connectivity index (χ1n) is 11.9. The van der Waals surface area contributed by atoms with Gasteiger partial charge < -0.3 is 23.8 Å². The molecular weight excluding hydrogens is 408 g/mol. The van der Waals surface area contributed by atoms with Crippen LogP contribution >= 0.6 is 0 Å². The van der Waals surface area contributed by atoms with Crippen LogP contribution in [-0.2, 0) is 25.4 Å². The van der Waals surface area contributed by atoms with Crippen molar-refractivity contribution in [1.29, 1.82) is 0 Å². The number of amides is 1. The molecule has 1 aromatic heterocycles. The minimum absolute atomic E-state index is 0.0522. The number of carbonyl (C=O) groups excluding carboxylic acids is 1. The van der Waals surface area contributed by atoms with Gasteiger partial charge in [0.05, 0.1) is 12.1 Å². The lowest BCUT2D eigenvalue weighted by Crippen LogP contribution is -2.76. The number of methoxy groups -OCH3 is 2. The van der Waals surface area contributed by atoms with Crippen LogP contribution in [0.5, 0.6) is 5.75 Å². The summed E-state index contributed by atoms with van der Waals surface area (Å²) < 4.78 is 23.0. The smallest absolute Gasteiger partial charge is 0.259 e. The molecule has 0 bridgehead atoms. The largest absolute Gasteiger partial charge is 0.490 e. The zero-order chi connectivity index (χ0) is 23.3. The van der Waals surface area contributed by atoms with Gasteiger partial charge in [-0.05, 0) is 50.9 Å². The molecule has 32 heavy (non-hydrogen) atoms. The van der Waals surface area contributed by atoms with Crippen LogP contribution in [0.4, 0.5) is 0 Å². The summed E-state index contributed by atoms with van der Waals surface area (Å²) in [6.45, 7) is 8.93. The van der Waals surface area contributed by atoms with Gasteiger partial charge in [0.2, 0.25) is 0 Å². The Hall–Kier alpha value is -1.70. The van der Waals surface area contributed by atoms with E-state index in [1.165, 1.54) is 12.8 Å². The lowest BCUT2D eigenvalue weighted by atomic mass is 9.75. The molecule has 0 aromatic carbocycles. The summed E-state index contributed by atoms with van der Waals surface area (Å²) in [6.07, 6.45) is 7.86. The molecule has 7 heteroatoms. The van der Waals surface area contributed by atoms with E-state index >= 15 is 0 Å². The fourth-order valence-corrected chi connectivity index (χ4v) is 4.90. The fraction of sp³-hybridized carbons (Fsp3) is 0.760. The minimum Gasteiger partial charge on any atom is -0.490 e. The Morgan fingerprint density at radius 2 is 1.91 bits per heavy atom. The molecule has 0 spiro atoms. The molecule has 2 heterocycles. The highest BCUT2D eigenvalue weighted by Crippen LogP contribution is 2.41. The summed E-state index contributed by atoms with van der Waals surface area (Å²) in [5.74, 6) is 1.96. The SMILES string of the molecule is COCO[C@@]1(Cc2cc(OC3CCC(C)CC3)c(C)cn2)C(=O)N(COC)[C@H]1CC(C)C. The van der Waals surface area contributed by atoms with Crippen LogP contribution in [0.2, 0.25) is 0 Å². The molecule has 0 radical (unpaired) electrons. The molecule has 180 valence electrons. The van der Waals surface area contributed by atoms with E-state index in [4.69, 9.17) is 18.9 Å². The Bertz CT molecular complexity index is 763. The first-order valence-corrected chi connectivity index (χ1v) is 11.9. The van der Waals surface area contributed by atoms with Gasteiger partial charge in [0.25, 0.3) is 5.91 Å². The first kappa shape index (κ1) is 24.9. The quantitative estimate of drug-likeness (QED) is 0.375. The lowest BCUT2D eigenvalue weighted by Gasteiger charge is -2.55. The van der Waals surface area contributed by atoms with Gasteiger partial charge in [-0.15, -0.1) is 0 Å². The number of hydrogen-bond donors (Lipinski definition) is 0. The summed E-state index contributed by atoms with van der Waals surface area (Å²) in [6, 6.07) is 1.89. The highest BCUT2D eigenvalue weighted by molar-refractivity contribution is 5.93. The van der Waals surface area contributed by atoms with Crippen LogP contribution in [0.25, 0.3) is 0 Å². The summed E-state index contributed by atoms with van der Waals surface area (Å²) in [5.41, 5.74) is 0.808. The summed E-state index contributed by atoms with van der Waals surface area (Å²) in [5, 5.41) is 0. The second kappa shape index (κ2) is 10.9. The number of pyridine rings is 1. The molecule has 2 fully saturated rings. The second-order valence-corrected chi connectivity index (χ2v) is 9.90. The van der Waals surface area contributed by atoms with Gasteiger partial charge in [0.15, 0.2) is 5.60 Å². The molecule has 1 amide bonds. The summed E-state index contributed by atoms with van der Waals surface area (Å²) in [7, 11) is 3.18. The number of likely N-dealkylation sites (tertiary alicyclic amines) is 1. The third-order valence-corrected chi connectivity index (χ3v) is 6.75. The Kier molecular flexibility index (Phi) is 8.53. The number of hydrogen-bond acceptors (Lipinski definition) is 6. The maximum atomic E-state index is 13.3. The molecule has 2 atom stereocenters. The minimum atomic E-state index is -1.00. The number of ether oxygens (including phenoxy) is 4. The van der Waals surface area contributed by atoms with Crippen molar-refractivity contribution in [2.75, 3.05) is 27.7 Å². The van der Waals surface area contributed by atoms with Gasteiger partial charge in [-0.2, -0.15) is 0 Å². The average Bonchev–Trinajstić information content (AvgIpc) is 2.77. The van der Waals surface area contributed by atoms with Crippen molar-refractivity contribution < 1.29 is 23.7 Å². The van der Waals surface area contributed by atoms with E-state index in [1.54, 1.807) is 19.1 Å². The number of nitrogens with zero attached hydrogens (tertiary/aromatic N) is 2. The Labute approximate surface area is 192 Å².